The van der Waals surface area contributed by atoms with E-state index in [4.69, 9.17) is 6.57 Å². The first-order valence-corrected chi connectivity index (χ1v) is 16.2. The lowest BCUT2D eigenvalue weighted by atomic mass is 9.94. The van der Waals surface area contributed by atoms with E-state index in [2.05, 4.69) is 155 Å². The Bertz CT molecular complexity index is 2600. The van der Waals surface area contributed by atoms with Crippen LogP contribution in [0.1, 0.15) is 0 Å². The molecule has 2 nitrogen and oxygen atoms in total. The molecule has 0 aliphatic heterocycles. The van der Waals surface area contributed by atoms with Gasteiger partial charge in [-0.25, -0.2) is 4.85 Å². The number of fused-ring (bicyclic) bond motifs is 6. The van der Waals surface area contributed by atoms with Crippen LogP contribution in [-0.4, -0.2) is 4.57 Å². The Hall–Kier alpha value is -5.95. The Morgan fingerprint density at radius 3 is 1.85 bits per heavy atom. The van der Waals surface area contributed by atoms with Gasteiger partial charge in [0.2, 0.25) is 0 Å². The SMILES string of the molecule is [C-]#[N+]c1cc(-c2cc(-c3cccc(-c4ccccc4)c3)c3sc4ccccc4c3c2)cc(-n2c3ccccc3c3ccccc32)c1. The van der Waals surface area contributed by atoms with E-state index >= 15 is 0 Å². The normalized spacial score (nSPS) is 11.5. The smallest absolute Gasteiger partial charge is 0.189 e. The van der Waals surface area contributed by atoms with Crippen molar-refractivity contribution in [2.24, 2.45) is 0 Å². The first kappa shape index (κ1) is 26.5. The van der Waals surface area contributed by atoms with Crippen molar-refractivity contribution in [1.29, 1.82) is 0 Å². The predicted molar refractivity (Wildman–Crippen MR) is 196 cm³/mol. The molecule has 0 aliphatic rings. The average molecular weight is 603 g/mol. The highest BCUT2D eigenvalue weighted by molar-refractivity contribution is 7.26. The van der Waals surface area contributed by atoms with Crippen molar-refractivity contribution in [3.8, 4) is 39.1 Å². The minimum Gasteiger partial charge on any atom is -0.310 e. The summed E-state index contributed by atoms with van der Waals surface area (Å²) in [6.45, 7) is 8.06. The molecule has 0 amide bonds. The minimum absolute atomic E-state index is 0.622. The molecule has 214 valence electrons. The third-order valence-electron chi connectivity index (χ3n) is 8.96. The highest BCUT2D eigenvalue weighted by Crippen LogP contribution is 2.44. The number of hydrogen-bond donors (Lipinski definition) is 0. The summed E-state index contributed by atoms with van der Waals surface area (Å²) >= 11 is 1.85. The fourth-order valence-electron chi connectivity index (χ4n) is 6.86. The Kier molecular flexibility index (Phi) is 6.09. The summed E-state index contributed by atoms with van der Waals surface area (Å²) in [6, 6.07) is 56.1. The lowest BCUT2D eigenvalue weighted by Gasteiger charge is -2.14. The Morgan fingerprint density at radius 1 is 0.457 bits per heavy atom. The molecule has 0 N–H and O–H groups in total. The second-order valence-electron chi connectivity index (χ2n) is 11.7. The van der Waals surface area contributed by atoms with E-state index in [1.807, 2.05) is 23.5 Å². The van der Waals surface area contributed by atoms with Crippen molar-refractivity contribution in [2.45, 2.75) is 0 Å². The van der Waals surface area contributed by atoms with Gasteiger partial charge in [0, 0.05) is 42.2 Å². The largest absolute Gasteiger partial charge is 0.310 e. The van der Waals surface area contributed by atoms with E-state index in [9.17, 15) is 0 Å². The van der Waals surface area contributed by atoms with E-state index in [1.165, 1.54) is 53.2 Å². The maximum atomic E-state index is 8.06. The van der Waals surface area contributed by atoms with Gasteiger partial charge < -0.3 is 4.57 Å². The molecule has 0 fully saturated rings. The molecule has 0 unspecified atom stereocenters. The first-order chi connectivity index (χ1) is 22.7. The van der Waals surface area contributed by atoms with Gasteiger partial charge in [0.15, 0.2) is 5.69 Å². The molecule has 0 aliphatic carbocycles. The molecule has 9 rings (SSSR count). The third-order valence-corrected chi connectivity index (χ3v) is 10.2. The number of nitrogens with zero attached hydrogens (tertiary/aromatic N) is 2. The van der Waals surface area contributed by atoms with Crippen LogP contribution in [0.5, 0.6) is 0 Å². The molecule has 0 spiro atoms. The van der Waals surface area contributed by atoms with Crippen LogP contribution in [0.4, 0.5) is 5.69 Å². The number of benzene rings is 7. The van der Waals surface area contributed by atoms with Gasteiger partial charge in [0.05, 0.1) is 17.6 Å². The summed E-state index contributed by atoms with van der Waals surface area (Å²) in [5, 5.41) is 4.91. The predicted octanol–water partition coefficient (Wildman–Crippen LogP) is 12.7. The summed E-state index contributed by atoms with van der Waals surface area (Å²) in [5.41, 5.74) is 10.8. The maximum absolute atomic E-state index is 8.06. The zero-order valence-electron chi connectivity index (χ0n) is 24.8. The molecule has 2 heterocycles. The fourth-order valence-corrected chi connectivity index (χ4v) is 8.08. The van der Waals surface area contributed by atoms with E-state index in [0.29, 0.717) is 5.69 Å². The molecule has 0 saturated carbocycles. The molecule has 2 aromatic heterocycles. The van der Waals surface area contributed by atoms with Crippen molar-refractivity contribution in [3.05, 3.63) is 169 Å². The maximum Gasteiger partial charge on any atom is 0.189 e. The van der Waals surface area contributed by atoms with E-state index in [0.717, 1.165) is 27.8 Å². The van der Waals surface area contributed by atoms with Crippen molar-refractivity contribution in [2.75, 3.05) is 0 Å². The van der Waals surface area contributed by atoms with Crippen molar-refractivity contribution in [1.82, 2.24) is 4.57 Å². The van der Waals surface area contributed by atoms with Crippen molar-refractivity contribution < 1.29 is 0 Å². The van der Waals surface area contributed by atoms with Gasteiger partial charge >= 0.3 is 0 Å². The van der Waals surface area contributed by atoms with Crippen LogP contribution in [0.25, 0.3) is 85.9 Å². The number of thiophene rings is 1. The van der Waals surface area contributed by atoms with Crippen LogP contribution >= 0.6 is 11.3 Å². The van der Waals surface area contributed by atoms with Gasteiger partial charge in [-0.15, -0.1) is 11.3 Å². The second kappa shape index (κ2) is 10.6. The van der Waals surface area contributed by atoms with Crippen molar-refractivity contribution >= 4 is 59.0 Å². The summed E-state index contributed by atoms with van der Waals surface area (Å²) < 4.78 is 4.85. The lowest BCUT2D eigenvalue weighted by molar-refractivity contribution is 1.18. The van der Waals surface area contributed by atoms with Crippen LogP contribution in [0.15, 0.2) is 158 Å². The Balaban J connectivity index is 1.31. The van der Waals surface area contributed by atoms with Crippen molar-refractivity contribution in [3.63, 3.8) is 0 Å². The molecule has 0 saturated heterocycles. The number of rotatable bonds is 4. The first-order valence-electron chi connectivity index (χ1n) is 15.4. The van der Waals surface area contributed by atoms with Crippen LogP contribution in [0, 0.1) is 6.57 Å². The zero-order chi connectivity index (χ0) is 30.6. The number of hydrogen-bond acceptors (Lipinski definition) is 1. The second-order valence-corrected chi connectivity index (χ2v) is 12.7. The average Bonchev–Trinajstić information content (AvgIpc) is 3.67. The van der Waals surface area contributed by atoms with Gasteiger partial charge in [-0.2, -0.15) is 0 Å². The Labute approximate surface area is 270 Å². The van der Waals surface area contributed by atoms with Crippen LogP contribution in [-0.2, 0) is 0 Å². The molecule has 9 aromatic rings. The molecule has 0 atom stereocenters. The summed E-state index contributed by atoms with van der Waals surface area (Å²) in [5.74, 6) is 0. The molecular formula is C43H26N2S. The van der Waals surface area contributed by atoms with E-state index < -0.39 is 0 Å². The van der Waals surface area contributed by atoms with Gasteiger partial charge in [0.25, 0.3) is 0 Å². The summed E-state index contributed by atoms with van der Waals surface area (Å²) in [4.78, 5) is 3.95. The van der Waals surface area contributed by atoms with Gasteiger partial charge in [0.1, 0.15) is 0 Å². The minimum atomic E-state index is 0.622. The standard InChI is InChI=1S/C43H26N2S/c1-44-33-23-31(24-34(27-33)45-40-19-8-5-16-35(40)36-17-6-9-20-41(36)45)32-25-38(43-39(26-32)37-18-7-10-21-42(37)46-43)30-15-11-14-29(22-30)28-12-3-2-4-13-28/h2-27H. The van der Waals surface area contributed by atoms with Crippen LogP contribution in [0.3, 0.4) is 0 Å². The van der Waals surface area contributed by atoms with Crippen LogP contribution < -0.4 is 0 Å². The highest BCUT2D eigenvalue weighted by Gasteiger charge is 2.17. The summed E-state index contributed by atoms with van der Waals surface area (Å²) in [6.07, 6.45) is 0. The van der Waals surface area contributed by atoms with Gasteiger partial charge in [-0.1, -0.05) is 103 Å². The topological polar surface area (TPSA) is 9.29 Å². The Morgan fingerprint density at radius 2 is 1.09 bits per heavy atom. The molecule has 46 heavy (non-hydrogen) atoms. The zero-order valence-corrected chi connectivity index (χ0v) is 25.6. The molecule has 3 heteroatoms. The monoisotopic (exact) mass is 602 g/mol. The summed E-state index contributed by atoms with van der Waals surface area (Å²) in [7, 11) is 0. The third kappa shape index (κ3) is 4.24. The number of aromatic nitrogens is 1. The van der Waals surface area contributed by atoms with E-state index in [-0.39, 0.29) is 0 Å². The molecule has 0 bridgehead atoms. The quantitative estimate of drug-likeness (QED) is 0.177. The molecule has 7 aromatic carbocycles. The lowest BCUT2D eigenvalue weighted by Crippen LogP contribution is -1.94. The molecule has 0 radical (unpaired) electrons. The van der Waals surface area contributed by atoms with Gasteiger partial charge in [-0.05, 0) is 82.4 Å². The van der Waals surface area contributed by atoms with E-state index in [1.54, 1.807) is 0 Å². The highest BCUT2D eigenvalue weighted by atomic mass is 32.1. The fraction of sp³-hybridized carbons (Fsp3) is 0. The number of para-hydroxylation sites is 2. The molecular weight excluding hydrogens is 577 g/mol. The van der Waals surface area contributed by atoms with Gasteiger partial charge in [-0.3, -0.25) is 0 Å². The van der Waals surface area contributed by atoms with Crippen LogP contribution in [0.2, 0.25) is 0 Å².